The lowest BCUT2D eigenvalue weighted by Gasteiger charge is -2.38. The smallest absolute Gasteiger partial charge is 0.332 e. The first kappa shape index (κ1) is 52.3. The summed E-state index contributed by atoms with van der Waals surface area (Å²) in [6.07, 6.45) is 6.49. The lowest BCUT2D eigenvalue weighted by Crippen LogP contribution is -2.51. The maximum Gasteiger partial charge on any atom is 0.332 e. The number of aromatic amines is 1. The molecule has 0 unspecified atom stereocenters. The maximum atomic E-state index is 13.9. The van der Waals surface area contributed by atoms with Gasteiger partial charge in [-0.3, -0.25) is 28.8 Å². The maximum absolute atomic E-state index is 13.9. The van der Waals surface area contributed by atoms with Crippen LogP contribution in [0.15, 0.2) is 81.8 Å². The van der Waals surface area contributed by atoms with E-state index in [4.69, 9.17) is 42.6 Å². The number of hydrogen-bond donors (Lipinski definition) is 2. The zero-order valence-electron chi connectivity index (χ0n) is 42.3. The molecule has 1 aliphatic carbocycles. The van der Waals surface area contributed by atoms with Gasteiger partial charge in [0, 0.05) is 110 Å². The van der Waals surface area contributed by atoms with Gasteiger partial charge >= 0.3 is 5.69 Å². The van der Waals surface area contributed by atoms with E-state index in [1.54, 1.807) is 36.6 Å². The predicted octanol–water partition coefficient (Wildman–Crippen LogP) is 9.04. The minimum absolute atomic E-state index is 0.0145. The molecule has 6 aromatic rings. The van der Waals surface area contributed by atoms with Crippen molar-refractivity contribution in [1.82, 2.24) is 39.1 Å². The highest BCUT2D eigenvalue weighted by Gasteiger charge is 2.33. The van der Waals surface area contributed by atoms with Crippen molar-refractivity contribution in [3.05, 3.63) is 131 Å². The molecule has 2 N–H and O–H groups in total. The number of carbonyl (C=O) groups excluding carboxylic acids is 2. The molecule has 2 aliphatic heterocycles. The van der Waals surface area contributed by atoms with Crippen LogP contribution in [0.1, 0.15) is 89.6 Å². The number of methoxy groups -OCH3 is 1. The van der Waals surface area contributed by atoms with Crippen molar-refractivity contribution >= 4 is 63.1 Å². The number of halogens is 2. The van der Waals surface area contributed by atoms with E-state index < -0.39 is 11.2 Å². The molecule has 0 bridgehead atoms. The molecule has 3 aromatic carbocycles. The van der Waals surface area contributed by atoms with E-state index in [0.29, 0.717) is 54.3 Å². The van der Waals surface area contributed by atoms with Gasteiger partial charge in [-0.2, -0.15) is 0 Å². The summed E-state index contributed by atoms with van der Waals surface area (Å²) in [6, 6.07) is 18.7. The number of H-pyrrole nitrogens is 1. The Labute approximate surface area is 440 Å². The second-order valence-corrected chi connectivity index (χ2v) is 21.8. The Morgan fingerprint density at radius 2 is 1.67 bits per heavy atom. The zero-order chi connectivity index (χ0) is 51.3. The third kappa shape index (κ3) is 12.2. The number of piperidine rings is 1. The summed E-state index contributed by atoms with van der Waals surface area (Å²) in [5.74, 6) is 3.06. The van der Waals surface area contributed by atoms with Gasteiger partial charge in [0.05, 0.1) is 36.0 Å². The van der Waals surface area contributed by atoms with Crippen molar-refractivity contribution in [1.29, 1.82) is 0 Å². The molecule has 2 amide bonds. The number of aromatic nitrogens is 4. The van der Waals surface area contributed by atoms with E-state index in [-0.39, 0.29) is 29.7 Å². The van der Waals surface area contributed by atoms with Crippen LogP contribution in [0.25, 0.3) is 27.7 Å². The van der Waals surface area contributed by atoms with Gasteiger partial charge in [0.2, 0.25) is 5.91 Å². The van der Waals surface area contributed by atoms with Crippen LogP contribution in [0.5, 0.6) is 5.75 Å². The number of amides is 2. The number of benzene rings is 3. The van der Waals surface area contributed by atoms with Gasteiger partial charge < -0.3 is 29.5 Å². The second kappa shape index (κ2) is 23.3. The molecule has 3 aromatic heterocycles. The average Bonchev–Trinajstić information content (AvgIpc) is 3.88. The fraction of sp³-hybridized carbons (Fsp3) is 0.455. The molecular formula is C55H65Cl2N9O6S. The standard InChI is InChI=1S/C55H65Cl2N9O6S/c1-34(49-28-41(33-73-49)51-40(31-62(3)4)7-6-8-45(51)57)58-52-43-29-42(48(71-5)30-46(43)59-35(2)60-52)37-9-11-38(12-10-37)53(68)65-23-21-63(22-24-65)25-26-72-32-36-15-18-64(19-16-36)54(69)39-13-14-44(56)47(27-39)66-20-17-50(67)61-55(66)70/h6-8,13-14,17,20,27-30,33-34,36-38H,9-12,15-16,18-19,21-26,31-32H2,1-5H3,(H,58,59,60)(H,61,67,70)/t34-,37?,38?/m1/s1. The van der Waals surface area contributed by atoms with Gasteiger partial charge in [0.25, 0.3) is 11.5 Å². The van der Waals surface area contributed by atoms with Crippen molar-refractivity contribution in [2.24, 2.45) is 11.8 Å². The van der Waals surface area contributed by atoms with Crippen molar-refractivity contribution < 1.29 is 19.1 Å². The highest BCUT2D eigenvalue weighted by Crippen LogP contribution is 2.43. The van der Waals surface area contributed by atoms with Crippen molar-refractivity contribution in [3.63, 3.8) is 0 Å². The number of hydrogen-bond acceptors (Lipinski definition) is 12. The highest BCUT2D eigenvalue weighted by molar-refractivity contribution is 7.10. The van der Waals surface area contributed by atoms with Gasteiger partial charge in [-0.15, -0.1) is 11.3 Å². The van der Waals surface area contributed by atoms with Crippen molar-refractivity contribution in [2.45, 2.75) is 70.9 Å². The van der Waals surface area contributed by atoms with Gasteiger partial charge in [-0.1, -0.05) is 35.3 Å². The van der Waals surface area contributed by atoms with E-state index in [0.717, 1.165) is 122 Å². The number of ether oxygens (including phenoxy) is 2. The Bertz CT molecular complexity index is 3060. The van der Waals surface area contributed by atoms with Crippen LogP contribution < -0.4 is 21.3 Å². The molecule has 3 fully saturated rings. The summed E-state index contributed by atoms with van der Waals surface area (Å²) in [5, 5.41) is 7.92. The molecule has 5 heterocycles. The van der Waals surface area contributed by atoms with Gasteiger partial charge in [0.15, 0.2) is 0 Å². The van der Waals surface area contributed by atoms with Crippen LogP contribution in [0.4, 0.5) is 5.82 Å². The second-order valence-electron chi connectivity index (χ2n) is 20.0. The fourth-order valence-electron chi connectivity index (χ4n) is 10.7. The monoisotopic (exact) mass is 1050 g/mol. The first-order chi connectivity index (χ1) is 35.2. The normalized spacial score (nSPS) is 18.4. The molecule has 73 heavy (non-hydrogen) atoms. The van der Waals surface area contributed by atoms with Crippen LogP contribution in [0.2, 0.25) is 10.0 Å². The molecule has 0 radical (unpaired) electrons. The topological polar surface area (TPSA) is 158 Å². The van der Waals surface area contributed by atoms with E-state index >= 15 is 0 Å². The van der Waals surface area contributed by atoms with Crippen LogP contribution in [-0.2, 0) is 16.1 Å². The SMILES string of the molecule is COc1cc2nc(C)nc(N[C@H](C)c3cc(-c4c(Cl)cccc4CN(C)C)cs3)c2cc1C1CCC(C(=O)N2CCN(CCOCC3CCN(C(=O)c4ccc(Cl)c(-n5ccc(=O)[nH]c5=O)c4)CC3)CC2)CC1. The van der Waals surface area contributed by atoms with Gasteiger partial charge in [0.1, 0.15) is 17.4 Å². The lowest BCUT2D eigenvalue weighted by molar-refractivity contribution is -0.138. The quantitative estimate of drug-likeness (QED) is 0.0892. The number of carbonyl (C=O) groups is 2. The molecule has 1 atom stereocenters. The Hall–Kier alpha value is -5.62. The lowest BCUT2D eigenvalue weighted by atomic mass is 9.77. The Balaban J connectivity index is 0.724. The number of aryl methyl sites for hydroxylation is 1. The summed E-state index contributed by atoms with van der Waals surface area (Å²) >= 11 is 14.9. The summed E-state index contributed by atoms with van der Waals surface area (Å²) < 4.78 is 13.4. The number of rotatable bonds is 16. The molecule has 0 spiro atoms. The van der Waals surface area contributed by atoms with Crippen LogP contribution in [0, 0.1) is 18.8 Å². The van der Waals surface area contributed by atoms with Crippen LogP contribution in [0.3, 0.4) is 0 Å². The summed E-state index contributed by atoms with van der Waals surface area (Å²) in [7, 11) is 5.86. The van der Waals surface area contributed by atoms with Crippen molar-refractivity contribution in [2.75, 3.05) is 85.5 Å². The van der Waals surface area contributed by atoms with E-state index in [1.807, 2.05) is 30.0 Å². The number of thiophene rings is 1. The summed E-state index contributed by atoms with van der Waals surface area (Å²) in [4.78, 5) is 72.9. The number of anilines is 1. The Morgan fingerprint density at radius 3 is 2.40 bits per heavy atom. The molecule has 18 heteroatoms. The Morgan fingerprint density at radius 1 is 0.904 bits per heavy atom. The summed E-state index contributed by atoms with van der Waals surface area (Å²) in [6.45, 7) is 11.3. The first-order valence-electron chi connectivity index (χ1n) is 25.4. The molecule has 15 nitrogen and oxygen atoms in total. The molecular weight excluding hydrogens is 986 g/mol. The van der Waals surface area contributed by atoms with Gasteiger partial charge in [-0.25, -0.2) is 14.8 Å². The molecule has 3 aliphatic rings. The molecule has 2 saturated heterocycles. The predicted molar refractivity (Wildman–Crippen MR) is 290 cm³/mol. The number of likely N-dealkylation sites (tertiary alicyclic amines) is 1. The molecule has 386 valence electrons. The number of piperazine rings is 1. The number of nitrogens with one attached hydrogen (secondary N) is 2. The van der Waals surface area contributed by atoms with E-state index in [2.05, 4.69) is 69.6 Å². The van der Waals surface area contributed by atoms with Gasteiger partial charge in [-0.05, 0) is 137 Å². The Kier molecular flexibility index (Phi) is 16.7. The third-order valence-electron chi connectivity index (χ3n) is 14.7. The fourth-order valence-corrected chi connectivity index (χ4v) is 12.1. The highest BCUT2D eigenvalue weighted by atomic mass is 35.5. The van der Waals surface area contributed by atoms with Crippen LogP contribution in [-0.4, -0.2) is 131 Å². The number of nitrogens with zero attached hydrogens (tertiary/aromatic N) is 7. The zero-order valence-corrected chi connectivity index (χ0v) is 44.6. The number of fused-ring (bicyclic) bond motifs is 1. The van der Waals surface area contributed by atoms with Crippen molar-refractivity contribution in [3.8, 4) is 22.6 Å². The molecule has 1 saturated carbocycles. The average molecular weight is 1050 g/mol. The third-order valence-corrected chi connectivity index (χ3v) is 16.5. The largest absolute Gasteiger partial charge is 0.496 e. The minimum atomic E-state index is -0.627. The van der Waals surface area contributed by atoms with E-state index in [9.17, 15) is 19.2 Å². The molecule has 9 rings (SSSR count). The van der Waals surface area contributed by atoms with E-state index in [1.165, 1.54) is 27.3 Å². The minimum Gasteiger partial charge on any atom is -0.496 e. The summed E-state index contributed by atoms with van der Waals surface area (Å²) in [5.41, 5.74) is 4.97. The first-order valence-corrected chi connectivity index (χ1v) is 27.0. The van der Waals surface area contributed by atoms with Crippen LogP contribution >= 0.6 is 34.5 Å².